The smallest absolute Gasteiger partial charge is 0.164 e. The number of allylic oxidation sites excluding steroid dienone is 2. The van der Waals surface area contributed by atoms with Crippen LogP contribution in [-0.2, 0) is 24.9 Å². The van der Waals surface area contributed by atoms with Crippen molar-refractivity contribution in [2.24, 2.45) is 10.8 Å². The van der Waals surface area contributed by atoms with Gasteiger partial charge in [-0.05, 0) is 68.5 Å². The number of furan rings is 1. The van der Waals surface area contributed by atoms with Gasteiger partial charge in [-0.25, -0.2) is 0 Å². The molecule has 0 unspecified atom stereocenters. The Balaban J connectivity index is 0.000000299. The Hall–Kier alpha value is -3.90. The van der Waals surface area contributed by atoms with E-state index in [0.717, 1.165) is 75.8 Å². The molecule has 6 aromatic rings. The fourth-order valence-electron chi connectivity index (χ4n) is 6.60. The van der Waals surface area contributed by atoms with Crippen LogP contribution in [0, 0.1) is 30.7 Å². The summed E-state index contributed by atoms with van der Waals surface area (Å²) in [4.78, 5) is 21.9. The summed E-state index contributed by atoms with van der Waals surface area (Å²) >= 11 is 0. The van der Waals surface area contributed by atoms with Crippen molar-refractivity contribution in [1.29, 1.82) is 0 Å². The van der Waals surface area contributed by atoms with E-state index in [0.29, 0.717) is 0 Å². The number of carbonyl (C=O) groups is 1. The maximum atomic E-state index is 12.2. The Morgan fingerprint density at radius 3 is 2.06 bits per heavy atom. The van der Waals surface area contributed by atoms with Gasteiger partial charge >= 0.3 is 0 Å². The number of carbonyl (C=O) groups excluding carboxylic acids is 1. The molecule has 1 radical (unpaired) electrons. The number of aryl methyl sites for hydroxylation is 2. The molecule has 0 saturated carbocycles. The molecule has 0 bridgehead atoms. The number of hydrogen-bond acceptors (Lipinski definition) is 5. The van der Waals surface area contributed by atoms with Crippen LogP contribution in [-0.4, -0.2) is 28.9 Å². The summed E-state index contributed by atoms with van der Waals surface area (Å²) in [6.45, 7) is 23.3. The average molecular weight is 904 g/mol. The number of aromatic nitrogens is 2. The number of nitrogens with zero attached hydrogens (tertiary/aromatic N) is 2. The third-order valence-electron chi connectivity index (χ3n) is 11.3. The van der Waals surface area contributed by atoms with E-state index in [1.54, 1.807) is 0 Å². The monoisotopic (exact) mass is 904 g/mol. The maximum absolute atomic E-state index is 12.2. The molecule has 3 aromatic carbocycles. The van der Waals surface area contributed by atoms with Gasteiger partial charge in [0.05, 0.1) is 24.9 Å². The van der Waals surface area contributed by atoms with Gasteiger partial charge in [0.1, 0.15) is 11.3 Å². The Morgan fingerprint density at radius 1 is 0.811 bits per heavy atom. The first kappa shape index (κ1) is 41.8. The second-order valence-electron chi connectivity index (χ2n) is 15.8. The summed E-state index contributed by atoms with van der Waals surface area (Å²) < 4.78 is 6.42. The number of ketones is 1. The van der Waals surface area contributed by atoms with E-state index >= 15 is 0 Å². The van der Waals surface area contributed by atoms with Crippen molar-refractivity contribution in [2.75, 3.05) is 0 Å². The van der Waals surface area contributed by atoms with Crippen molar-refractivity contribution < 1.29 is 34.4 Å². The number of fused-ring (bicyclic) bond motifs is 4. The minimum Gasteiger partial charge on any atom is -0.512 e. The molecule has 0 aliphatic rings. The van der Waals surface area contributed by atoms with Crippen LogP contribution in [0.4, 0.5) is 0 Å². The molecule has 0 saturated heterocycles. The van der Waals surface area contributed by atoms with E-state index in [4.69, 9.17) is 9.40 Å². The van der Waals surface area contributed by atoms with Crippen LogP contribution in [0.25, 0.3) is 55.2 Å². The number of aliphatic hydroxyl groups excluding tert-OH is 1. The van der Waals surface area contributed by atoms with Gasteiger partial charge < -0.3 is 9.52 Å². The van der Waals surface area contributed by atoms with Crippen molar-refractivity contribution in [3.8, 4) is 22.4 Å². The molecule has 7 heteroatoms. The summed E-state index contributed by atoms with van der Waals surface area (Å²) in [5.41, 5.74) is 8.01. The molecule has 0 atom stereocenters. The van der Waals surface area contributed by atoms with Gasteiger partial charge in [0.25, 0.3) is 0 Å². The Morgan fingerprint density at radius 2 is 1.45 bits per heavy atom. The van der Waals surface area contributed by atoms with Gasteiger partial charge in [-0.2, -0.15) is 0 Å². The SMILES string of the molecule is CCC(C)(CC)C(=O)/C=C(\O)C(C)(CC)CC.Cc1cc2c(oc3c(-c4cc(-c5ccccc5)c5cc([Si](C)(C)C)ccc5n4)[c-]ccc32)c(C)n1.[Ir]. The van der Waals surface area contributed by atoms with Gasteiger partial charge in [0.15, 0.2) is 5.78 Å². The second kappa shape index (κ2) is 16.6. The number of aliphatic hydroxyl groups is 1. The van der Waals surface area contributed by atoms with E-state index in [-0.39, 0.29) is 42.5 Å². The van der Waals surface area contributed by atoms with Gasteiger partial charge in [0.2, 0.25) is 0 Å². The zero-order valence-corrected chi connectivity index (χ0v) is 36.7. The molecule has 281 valence electrons. The van der Waals surface area contributed by atoms with Crippen molar-refractivity contribution in [3.63, 3.8) is 0 Å². The van der Waals surface area contributed by atoms with E-state index in [2.05, 4.69) is 97.4 Å². The fourth-order valence-corrected chi connectivity index (χ4v) is 7.76. The number of pyridine rings is 2. The quantitative estimate of drug-likeness (QED) is 0.0641. The molecule has 5 nitrogen and oxygen atoms in total. The Labute approximate surface area is 330 Å². The number of rotatable bonds is 10. The maximum Gasteiger partial charge on any atom is 0.164 e. The Kier molecular flexibility index (Phi) is 13.1. The summed E-state index contributed by atoms with van der Waals surface area (Å²) in [5.74, 6) is 0.286. The van der Waals surface area contributed by atoms with E-state index in [1.807, 2.05) is 61.5 Å². The van der Waals surface area contributed by atoms with E-state index < -0.39 is 8.07 Å². The molecule has 3 aromatic heterocycles. The van der Waals surface area contributed by atoms with Crippen LogP contribution >= 0.6 is 0 Å². The first-order valence-corrected chi connectivity index (χ1v) is 22.3. The van der Waals surface area contributed by atoms with Gasteiger partial charge in [-0.1, -0.05) is 126 Å². The van der Waals surface area contributed by atoms with Gasteiger partial charge in [-0.3, -0.25) is 14.8 Å². The molecule has 0 aliphatic carbocycles. The molecule has 6 rings (SSSR count). The number of hydrogen-bond donors (Lipinski definition) is 1. The summed E-state index contributed by atoms with van der Waals surface area (Å²) in [6.07, 6.45) is 4.75. The van der Waals surface area contributed by atoms with Crippen molar-refractivity contribution >= 4 is 51.9 Å². The minimum absolute atomic E-state index is 0. The minimum atomic E-state index is -1.47. The largest absolute Gasteiger partial charge is 0.512 e. The zero-order chi connectivity index (χ0) is 38.0. The van der Waals surface area contributed by atoms with Crippen LogP contribution in [0.1, 0.15) is 78.6 Å². The third kappa shape index (κ3) is 8.59. The van der Waals surface area contributed by atoms with E-state index in [9.17, 15) is 9.90 Å². The van der Waals surface area contributed by atoms with Crippen LogP contribution in [0.2, 0.25) is 19.6 Å². The predicted molar refractivity (Wildman–Crippen MR) is 222 cm³/mol. The molecular formula is C46H55IrN2O3Si-. The number of benzene rings is 3. The van der Waals surface area contributed by atoms with E-state index in [1.165, 1.54) is 27.8 Å². The summed E-state index contributed by atoms with van der Waals surface area (Å²) in [7, 11) is -1.47. The van der Waals surface area contributed by atoms with Crippen molar-refractivity contribution in [3.05, 3.63) is 102 Å². The molecule has 1 N–H and O–H groups in total. The topological polar surface area (TPSA) is 76.2 Å². The van der Waals surface area contributed by atoms with Crippen molar-refractivity contribution in [2.45, 2.75) is 101 Å². The molecular weight excluding hydrogens is 849 g/mol. The molecule has 0 fully saturated rings. The fraction of sp³-hybridized carbons (Fsp3) is 0.370. The standard InChI is InChI=1S/C31H27N2OSi.C15H28O2.Ir/c1-19-16-27-23-12-9-13-24(31(23)34-30(27)20(2)32-19)29-18-25(21-10-7-6-8-11-21)26-17-22(35(3,4)5)14-15-28(26)33-29;1-7-14(5,8-2)12(16)11-13(17)15(6,9-3)10-4;/h6-12,14-18H,1-5H3;11,16H,7-10H2,1-6H3;/q-1;;/b;12-11-;. The molecule has 53 heavy (non-hydrogen) atoms. The second-order valence-corrected chi connectivity index (χ2v) is 20.8. The normalized spacial score (nSPS) is 12.5. The molecule has 0 spiro atoms. The zero-order valence-electron chi connectivity index (χ0n) is 33.3. The first-order valence-electron chi connectivity index (χ1n) is 18.8. The summed E-state index contributed by atoms with van der Waals surface area (Å²) in [5, 5.41) is 14.9. The Bertz CT molecular complexity index is 2260. The van der Waals surface area contributed by atoms with Gasteiger partial charge in [-0.15, -0.1) is 18.2 Å². The average Bonchev–Trinajstić information content (AvgIpc) is 3.52. The van der Waals surface area contributed by atoms with Crippen LogP contribution in [0.3, 0.4) is 0 Å². The molecule has 3 heterocycles. The van der Waals surface area contributed by atoms with Crippen LogP contribution in [0.5, 0.6) is 0 Å². The summed E-state index contributed by atoms with van der Waals surface area (Å²) in [6, 6.07) is 29.1. The van der Waals surface area contributed by atoms with Crippen molar-refractivity contribution in [1.82, 2.24) is 9.97 Å². The first-order chi connectivity index (χ1) is 24.6. The third-order valence-corrected chi connectivity index (χ3v) is 13.4. The molecule has 0 aliphatic heterocycles. The van der Waals surface area contributed by atoms with Crippen LogP contribution in [0.15, 0.2) is 89.0 Å². The molecule has 0 amide bonds. The predicted octanol–water partition coefficient (Wildman–Crippen LogP) is 12.5. The van der Waals surface area contributed by atoms with Crippen LogP contribution < -0.4 is 5.19 Å². The van der Waals surface area contributed by atoms with Gasteiger partial charge in [0, 0.05) is 53.5 Å².